The number of ketones is 1. The Labute approximate surface area is 135 Å². The third-order valence-corrected chi connectivity index (χ3v) is 5.03. The van der Waals surface area contributed by atoms with E-state index in [9.17, 15) is 22.2 Å². The minimum absolute atomic E-state index is 0.00855. The van der Waals surface area contributed by atoms with Crippen molar-refractivity contribution in [2.24, 2.45) is 7.05 Å². The molecule has 0 spiro atoms. The van der Waals surface area contributed by atoms with Crippen LogP contribution in [-0.2, 0) is 24.0 Å². The monoisotopic (exact) mass is 396 g/mol. The van der Waals surface area contributed by atoms with E-state index in [1.54, 1.807) is 6.92 Å². The second-order valence-electron chi connectivity index (χ2n) is 4.52. The van der Waals surface area contributed by atoms with Crippen LogP contribution in [0.15, 0.2) is 17.0 Å². The SMILES string of the molecule is CCS(=O)c1cc2c(cc1C(=O)CBr)nc(C(F)(F)F)n2C. The van der Waals surface area contributed by atoms with Crippen molar-refractivity contribution >= 4 is 43.5 Å². The lowest BCUT2D eigenvalue weighted by Crippen LogP contribution is -2.12. The minimum atomic E-state index is -4.60. The van der Waals surface area contributed by atoms with Gasteiger partial charge < -0.3 is 4.57 Å². The number of aromatic nitrogens is 2. The van der Waals surface area contributed by atoms with E-state index in [-0.39, 0.29) is 38.4 Å². The Kier molecular flexibility index (Phi) is 4.76. The van der Waals surface area contributed by atoms with E-state index >= 15 is 0 Å². The highest BCUT2D eigenvalue weighted by atomic mass is 79.9. The van der Waals surface area contributed by atoms with Crippen molar-refractivity contribution in [2.75, 3.05) is 11.1 Å². The maximum absolute atomic E-state index is 12.9. The van der Waals surface area contributed by atoms with Crippen LogP contribution in [0.1, 0.15) is 23.1 Å². The molecule has 0 saturated heterocycles. The van der Waals surface area contributed by atoms with Crippen LogP contribution >= 0.6 is 15.9 Å². The molecule has 1 atom stereocenters. The van der Waals surface area contributed by atoms with Crippen molar-refractivity contribution in [3.05, 3.63) is 23.5 Å². The van der Waals surface area contributed by atoms with Gasteiger partial charge in [0, 0.05) is 18.4 Å². The number of nitrogens with zero attached hydrogens (tertiary/aromatic N) is 2. The lowest BCUT2D eigenvalue weighted by Gasteiger charge is -2.08. The van der Waals surface area contributed by atoms with Crippen LogP contribution in [0.4, 0.5) is 13.2 Å². The summed E-state index contributed by atoms with van der Waals surface area (Å²) in [4.78, 5) is 15.7. The first kappa shape index (κ1) is 17.1. The molecule has 0 amide bonds. The third-order valence-electron chi connectivity index (χ3n) is 3.16. The van der Waals surface area contributed by atoms with Crippen molar-refractivity contribution in [3.8, 4) is 0 Å². The van der Waals surface area contributed by atoms with Gasteiger partial charge >= 0.3 is 6.18 Å². The molecule has 4 nitrogen and oxygen atoms in total. The summed E-state index contributed by atoms with van der Waals surface area (Å²) >= 11 is 3.02. The zero-order valence-corrected chi connectivity index (χ0v) is 14.1. The number of alkyl halides is 4. The van der Waals surface area contributed by atoms with E-state index in [0.717, 1.165) is 4.57 Å². The van der Waals surface area contributed by atoms with Crippen molar-refractivity contribution < 1.29 is 22.2 Å². The van der Waals surface area contributed by atoms with Crippen LogP contribution in [0.5, 0.6) is 0 Å². The molecule has 2 rings (SSSR count). The van der Waals surface area contributed by atoms with Gasteiger partial charge in [0.15, 0.2) is 5.78 Å². The molecule has 0 N–H and O–H groups in total. The van der Waals surface area contributed by atoms with E-state index in [1.165, 1.54) is 19.2 Å². The lowest BCUT2D eigenvalue weighted by molar-refractivity contribution is -0.146. The largest absolute Gasteiger partial charge is 0.449 e. The van der Waals surface area contributed by atoms with Crippen molar-refractivity contribution in [3.63, 3.8) is 0 Å². The molecule has 0 aliphatic rings. The first-order valence-electron chi connectivity index (χ1n) is 6.25. The maximum atomic E-state index is 12.9. The Balaban J connectivity index is 2.80. The van der Waals surface area contributed by atoms with Crippen LogP contribution in [0, 0.1) is 0 Å². The van der Waals surface area contributed by atoms with Gasteiger partial charge in [-0.2, -0.15) is 13.2 Å². The van der Waals surface area contributed by atoms with Gasteiger partial charge in [0.2, 0.25) is 5.82 Å². The number of fused-ring (bicyclic) bond motifs is 1. The fraction of sp³-hybridized carbons (Fsp3) is 0.385. The molecule has 120 valence electrons. The molecule has 2 aromatic rings. The normalized spacial score (nSPS) is 13.5. The zero-order chi connectivity index (χ0) is 16.7. The summed E-state index contributed by atoms with van der Waals surface area (Å²) in [5, 5.41) is -0.00855. The van der Waals surface area contributed by atoms with Gasteiger partial charge in [-0.05, 0) is 12.1 Å². The minimum Gasteiger partial charge on any atom is -0.323 e. The molecule has 1 heterocycles. The van der Waals surface area contributed by atoms with Crippen LogP contribution in [-0.4, -0.2) is 30.6 Å². The number of aryl methyl sites for hydroxylation is 1. The third kappa shape index (κ3) is 2.96. The van der Waals surface area contributed by atoms with Gasteiger partial charge in [-0.1, -0.05) is 22.9 Å². The lowest BCUT2D eigenvalue weighted by atomic mass is 10.1. The molecule has 0 radical (unpaired) electrons. The number of hydrogen-bond donors (Lipinski definition) is 0. The van der Waals surface area contributed by atoms with Crippen LogP contribution < -0.4 is 0 Å². The van der Waals surface area contributed by atoms with Gasteiger partial charge in [-0.25, -0.2) is 4.98 Å². The average Bonchev–Trinajstić information content (AvgIpc) is 2.81. The van der Waals surface area contributed by atoms with E-state index in [1.807, 2.05) is 0 Å². The number of imidazole rings is 1. The molecule has 0 fully saturated rings. The summed E-state index contributed by atoms with van der Waals surface area (Å²) in [5.41, 5.74) is 0.377. The molecule has 0 aliphatic carbocycles. The first-order chi connectivity index (χ1) is 10.2. The number of rotatable bonds is 4. The summed E-state index contributed by atoms with van der Waals surface area (Å²) < 4.78 is 51.8. The van der Waals surface area contributed by atoms with Crippen LogP contribution in [0.3, 0.4) is 0 Å². The van der Waals surface area contributed by atoms with E-state index < -0.39 is 22.8 Å². The predicted octanol–water partition coefficient (Wildman–Crippen LogP) is 3.30. The molecule has 9 heteroatoms. The molecule has 0 aliphatic heterocycles. The highest BCUT2D eigenvalue weighted by Gasteiger charge is 2.37. The summed E-state index contributed by atoms with van der Waals surface area (Å²) in [5.74, 6) is -1.14. The van der Waals surface area contributed by atoms with Crippen molar-refractivity contribution in [1.29, 1.82) is 0 Å². The Bertz CT molecular complexity index is 771. The van der Waals surface area contributed by atoms with Crippen molar-refractivity contribution in [2.45, 2.75) is 18.0 Å². The van der Waals surface area contributed by atoms with Gasteiger partial charge in [-0.15, -0.1) is 0 Å². The predicted molar refractivity (Wildman–Crippen MR) is 80.8 cm³/mol. The summed E-state index contributed by atoms with van der Waals surface area (Å²) in [6.45, 7) is 1.67. The van der Waals surface area contributed by atoms with Crippen molar-refractivity contribution in [1.82, 2.24) is 9.55 Å². The van der Waals surface area contributed by atoms with E-state index in [4.69, 9.17) is 0 Å². The van der Waals surface area contributed by atoms with Gasteiger partial charge in [0.05, 0.1) is 32.1 Å². The summed E-state index contributed by atoms with van der Waals surface area (Å²) in [6.07, 6.45) is -4.60. The number of benzene rings is 1. The summed E-state index contributed by atoms with van der Waals surface area (Å²) in [6, 6.07) is 2.63. The molecule has 0 saturated carbocycles. The molecule has 1 aromatic carbocycles. The quantitative estimate of drug-likeness (QED) is 0.588. The molecular weight excluding hydrogens is 385 g/mol. The number of carbonyl (C=O) groups excluding carboxylic acids is 1. The molecule has 22 heavy (non-hydrogen) atoms. The number of Topliss-reactive ketones (excluding diaryl/α,β-unsaturated/α-hetero) is 1. The zero-order valence-electron chi connectivity index (χ0n) is 11.7. The standard InChI is InChI=1S/C13H12BrF3N2O2S/c1-3-22(21)11-5-9-8(4-7(11)10(20)6-14)18-12(19(9)2)13(15,16)17/h4-5H,3,6H2,1-2H3. The Hall–Kier alpha value is -1.22. The average molecular weight is 397 g/mol. The van der Waals surface area contributed by atoms with Crippen LogP contribution in [0.2, 0.25) is 0 Å². The van der Waals surface area contributed by atoms with Crippen LogP contribution in [0.25, 0.3) is 11.0 Å². The maximum Gasteiger partial charge on any atom is 0.449 e. The number of hydrogen-bond acceptors (Lipinski definition) is 3. The summed E-state index contributed by atoms with van der Waals surface area (Å²) in [7, 11) is -0.225. The highest BCUT2D eigenvalue weighted by Crippen LogP contribution is 2.32. The topological polar surface area (TPSA) is 52.0 Å². The van der Waals surface area contributed by atoms with E-state index in [0.29, 0.717) is 0 Å². The second-order valence-corrected chi connectivity index (χ2v) is 6.79. The fourth-order valence-electron chi connectivity index (χ4n) is 2.11. The Morgan fingerprint density at radius 3 is 2.55 bits per heavy atom. The van der Waals surface area contributed by atoms with E-state index in [2.05, 4.69) is 20.9 Å². The molecule has 1 aromatic heterocycles. The molecule has 0 bridgehead atoms. The smallest absolute Gasteiger partial charge is 0.323 e. The first-order valence-corrected chi connectivity index (χ1v) is 8.70. The second kappa shape index (κ2) is 6.11. The highest BCUT2D eigenvalue weighted by molar-refractivity contribution is 9.09. The molecular formula is C13H12BrF3N2O2S. The number of halogens is 4. The van der Waals surface area contributed by atoms with Gasteiger partial charge in [-0.3, -0.25) is 9.00 Å². The Morgan fingerprint density at radius 1 is 1.41 bits per heavy atom. The van der Waals surface area contributed by atoms with Gasteiger partial charge in [0.1, 0.15) is 0 Å². The number of carbonyl (C=O) groups is 1. The molecule has 1 unspecified atom stereocenters. The fourth-order valence-corrected chi connectivity index (χ4v) is 3.38. The van der Waals surface area contributed by atoms with Gasteiger partial charge in [0.25, 0.3) is 0 Å². The Morgan fingerprint density at radius 2 is 2.05 bits per heavy atom.